The van der Waals surface area contributed by atoms with Crippen molar-refractivity contribution in [2.24, 2.45) is 5.11 Å². The fraction of sp³-hybridized carbons (Fsp3) is 0.938. The summed E-state index contributed by atoms with van der Waals surface area (Å²) in [4.78, 5) is 16.4. The zero-order chi connectivity index (χ0) is 18.3. The summed E-state index contributed by atoms with van der Waals surface area (Å²) in [5.74, 6) is 0.124. The summed E-state index contributed by atoms with van der Waals surface area (Å²) in [6, 6.07) is 0. The molecule has 1 fully saturated rings. The van der Waals surface area contributed by atoms with Crippen LogP contribution in [-0.4, -0.2) is 67.3 Å². The van der Waals surface area contributed by atoms with Gasteiger partial charge in [0.2, 0.25) is 5.91 Å². The molecule has 1 rings (SSSR count). The first-order valence-electron chi connectivity index (χ1n) is 8.75. The molecule has 1 heterocycles. The van der Waals surface area contributed by atoms with Crippen molar-refractivity contribution in [3.8, 4) is 0 Å². The van der Waals surface area contributed by atoms with E-state index >= 15 is 0 Å². The molecule has 0 radical (unpaired) electrons. The van der Waals surface area contributed by atoms with Gasteiger partial charge in [0.25, 0.3) is 0 Å². The van der Waals surface area contributed by atoms with Crippen molar-refractivity contribution in [1.29, 1.82) is 0 Å². The maximum Gasteiger partial charge on any atom is 0.234 e. The molecule has 24 heavy (non-hydrogen) atoms. The molecule has 8 nitrogen and oxygen atoms in total. The number of aliphatic hydroxyl groups excluding tert-OH is 1. The zero-order valence-electron chi connectivity index (χ0n) is 15.4. The summed E-state index contributed by atoms with van der Waals surface area (Å²) in [6.07, 6.45) is 3.86. The normalized spacial score (nSPS) is 15.0. The van der Waals surface area contributed by atoms with Gasteiger partial charge in [0, 0.05) is 49.8 Å². The minimum absolute atomic E-state index is 0.120. The van der Waals surface area contributed by atoms with Crippen molar-refractivity contribution in [1.82, 2.24) is 15.5 Å². The third-order valence-electron chi connectivity index (χ3n) is 3.32. The number of unbranched alkanes of at least 4 members (excludes halogenated alkanes) is 3. The van der Waals surface area contributed by atoms with E-state index in [-0.39, 0.29) is 18.1 Å². The van der Waals surface area contributed by atoms with Crippen molar-refractivity contribution in [3.05, 3.63) is 10.4 Å². The molecule has 0 atom stereocenters. The van der Waals surface area contributed by atoms with Crippen LogP contribution >= 0.6 is 0 Å². The lowest BCUT2D eigenvalue weighted by molar-refractivity contribution is -0.123. The van der Waals surface area contributed by atoms with Crippen molar-refractivity contribution < 1.29 is 9.90 Å². The number of nitrogens with one attached hydrogen (secondary N) is 2. The molecule has 3 N–H and O–H groups in total. The van der Waals surface area contributed by atoms with Gasteiger partial charge in [-0.2, -0.15) is 0 Å². The van der Waals surface area contributed by atoms with E-state index in [0.29, 0.717) is 13.1 Å². The molecule has 0 unspecified atom stereocenters. The van der Waals surface area contributed by atoms with Crippen LogP contribution in [0.5, 0.6) is 0 Å². The van der Waals surface area contributed by atoms with Gasteiger partial charge in [-0.3, -0.25) is 9.69 Å². The number of nitrogens with zero attached hydrogens (tertiary/aromatic N) is 4. The molecule has 0 bridgehead atoms. The summed E-state index contributed by atoms with van der Waals surface area (Å²) < 4.78 is 0. The van der Waals surface area contributed by atoms with Gasteiger partial charge < -0.3 is 15.7 Å². The van der Waals surface area contributed by atoms with Crippen LogP contribution in [0.25, 0.3) is 10.4 Å². The Morgan fingerprint density at radius 3 is 2.42 bits per heavy atom. The van der Waals surface area contributed by atoms with Gasteiger partial charge in [-0.05, 0) is 39.1 Å². The van der Waals surface area contributed by atoms with E-state index in [1.165, 1.54) is 0 Å². The van der Waals surface area contributed by atoms with Crippen LogP contribution in [0.1, 0.15) is 46.5 Å². The van der Waals surface area contributed by atoms with Gasteiger partial charge in [-0.15, -0.1) is 0 Å². The average Bonchev–Trinajstić information content (AvgIpc) is 2.50. The minimum atomic E-state index is -0.120. The highest BCUT2D eigenvalue weighted by molar-refractivity contribution is 5.78. The van der Waals surface area contributed by atoms with Gasteiger partial charge in [-0.25, -0.2) is 0 Å². The molecule has 0 aliphatic carbocycles. The molecule has 0 spiro atoms. The molecule has 0 aromatic carbocycles. The molecule has 1 amide bonds. The fourth-order valence-electron chi connectivity index (χ4n) is 2.22. The van der Waals surface area contributed by atoms with Crippen LogP contribution in [0, 0.1) is 0 Å². The highest BCUT2D eigenvalue weighted by atomic mass is 16.2. The molecule has 0 aromatic rings. The predicted molar refractivity (Wildman–Crippen MR) is 96.8 cm³/mol. The SMILES string of the molecule is CC(C)(C)NC(=O)CN1CCNCC1.[N-]=[N+]=NCCCCCCO. The summed E-state index contributed by atoms with van der Waals surface area (Å²) in [6.45, 7) is 11.3. The molecular weight excluding hydrogens is 308 g/mol. The Hall–Kier alpha value is -1.34. The van der Waals surface area contributed by atoms with Crippen LogP contribution in [0.15, 0.2) is 5.11 Å². The Labute approximate surface area is 145 Å². The van der Waals surface area contributed by atoms with Crippen molar-refractivity contribution >= 4 is 5.91 Å². The number of azide groups is 1. The lowest BCUT2D eigenvalue weighted by atomic mass is 10.1. The van der Waals surface area contributed by atoms with Crippen LogP contribution in [0.2, 0.25) is 0 Å². The molecule has 1 saturated heterocycles. The molecule has 8 heteroatoms. The van der Waals surface area contributed by atoms with Crippen molar-refractivity contribution in [2.75, 3.05) is 45.9 Å². The van der Waals surface area contributed by atoms with E-state index in [1.54, 1.807) is 0 Å². The van der Waals surface area contributed by atoms with E-state index in [1.807, 2.05) is 20.8 Å². The number of rotatable bonds is 8. The largest absolute Gasteiger partial charge is 0.396 e. The molecule has 1 aliphatic heterocycles. The van der Waals surface area contributed by atoms with Crippen molar-refractivity contribution in [2.45, 2.75) is 52.0 Å². The quantitative estimate of drug-likeness (QED) is 0.269. The van der Waals surface area contributed by atoms with Crippen LogP contribution in [0.3, 0.4) is 0 Å². The monoisotopic (exact) mass is 342 g/mol. The lowest BCUT2D eigenvalue weighted by Crippen LogP contribution is -2.50. The molecular formula is C16H34N6O2. The highest BCUT2D eigenvalue weighted by Gasteiger charge is 2.17. The lowest BCUT2D eigenvalue weighted by Gasteiger charge is -2.28. The number of piperazine rings is 1. The molecule has 1 aliphatic rings. The Balaban J connectivity index is 0.000000470. The zero-order valence-corrected chi connectivity index (χ0v) is 15.4. The highest BCUT2D eigenvalue weighted by Crippen LogP contribution is 1.99. The summed E-state index contributed by atoms with van der Waals surface area (Å²) in [7, 11) is 0. The van der Waals surface area contributed by atoms with E-state index in [2.05, 4.69) is 25.6 Å². The Morgan fingerprint density at radius 2 is 1.88 bits per heavy atom. The van der Waals surface area contributed by atoms with Crippen LogP contribution in [-0.2, 0) is 4.79 Å². The average molecular weight is 342 g/mol. The number of aliphatic hydroxyl groups is 1. The second kappa shape index (κ2) is 14.0. The van der Waals surface area contributed by atoms with Crippen LogP contribution in [0.4, 0.5) is 0 Å². The second-order valence-corrected chi connectivity index (χ2v) is 6.92. The maximum absolute atomic E-state index is 11.6. The standard InChI is InChI=1S/C10H21N3O.C6H13N3O/c1-10(2,3)12-9(14)8-13-6-4-11-5-7-13;7-9-8-5-3-1-2-4-6-10/h11H,4-8H2,1-3H3,(H,12,14);10H,1-6H2. The number of amides is 1. The maximum atomic E-state index is 11.6. The van der Waals surface area contributed by atoms with Gasteiger partial charge in [0.05, 0.1) is 6.54 Å². The third-order valence-corrected chi connectivity index (χ3v) is 3.32. The molecule has 0 saturated carbocycles. The first kappa shape index (κ1) is 22.7. The molecule has 0 aromatic heterocycles. The fourth-order valence-corrected chi connectivity index (χ4v) is 2.22. The van der Waals surface area contributed by atoms with Crippen LogP contribution < -0.4 is 10.6 Å². The van der Waals surface area contributed by atoms with E-state index in [4.69, 9.17) is 10.6 Å². The van der Waals surface area contributed by atoms with Crippen molar-refractivity contribution in [3.63, 3.8) is 0 Å². The topological polar surface area (TPSA) is 113 Å². The summed E-state index contributed by atoms with van der Waals surface area (Å²) in [5, 5.41) is 18.0. The summed E-state index contributed by atoms with van der Waals surface area (Å²) >= 11 is 0. The van der Waals surface area contributed by atoms with Gasteiger partial charge in [-0.1, -0.05) is 18.0 Å². The van der Waals surface area contributed by atoms with E-state index in [9.17, 15) is 4.79 Å². The first-order chi connectivity index (χ1) is 11.4. The Kier molecular flexibility index (Phi) is 13.3. The third kappa shape index (κ3) is 15.6. The number of carbonyl (C=O) groups is 1. The first-order valence-corrected chi connectivity index (χ1v) is 8.75. The Bertz CT molecular complexity index is 371. The Morgan fingerprint density at radius 1 is 1.25 bits per heavy atom. The minimum Gasteiger partial charge on any atom is -0.396 e. The number of carbonyl (C=O) groups excluding carboxylic acids is 1. The van der Waals surface area contributed by atoms with Gasteiger partial charge in [0.1, 0.15) is 0 Å². The predicted octanol–water partition coefficient (Wildman–Crippen LogP) is 1.66. The van der Waals surface area contributed by atoms with Gasteiger partial charge >= 0.3 is 0 Å². The van der Waals surface area contributed by atoms with Gasteiger partial charge in [0.15, 0.2) is 0 Å². The molecule has 140 valence electrons. The number of hydrogen-bond donors (Lipinski definition) is 3. The second-order valence-electron chi connectivity index (χ2n) is 6.92. The number of hydrogen-bond acceptors (Lipinski definition) is 5. The van der Waals surface area contributed by atoms with E-state index in [0.717, 1.165) is 51.9 Å². The summed E-state index contributed by atoms with van der Waals surface area (Å²) in [5.41, 5.74) is 7.77. The van der Waals surface area contributed by atoms with E-state index < -0.39 is 0 Å². The smallest absolute Gasteiger partial charge is 0.234 e.